The molecule has 2 aliphatic rings. The minimum atomic E-state index is 0.448. The van der Waals surface area contributed by atoms with Gasteiger partial charge in [0.15, 0.2) is 0 Å². The number of hydrogen-bond donors (Lipinski definition) is 1. The van der Waals surface area contributed by atoms with Gasteiger partial charge in [-0.1, -0.05) is 78.4 Å². The lowest BCUT2D eigenvalue weighted by Crippen LogP contribution is -2.07. The van der Waals surface area contributed by atoms with Crippen molar-refractivity contribution in [1.82, 2.24) is 9.97 Å². The smallest absolute Gasteiger partial charge is 0.124 e. The fourth-order valence-electron chi connectivity index (χ4n) is 6.33. The fraction of sp³-hybridized carbons (Fsp3) is 0.150. The van der Waals surface area contributed by atoms with Gasteiger partial charge in [0.25, 0.3) is 0 Å². The number of allylic oxidation sites excluding steroid dienone is 4. The maximum Gasteiger partial charge on any atom is 0.124 e. The van der Waals surface area contributed by atoms with Crippen LogP contribution in [-0.2, 0) is 19.6 Å². The van der Waals surface area contributed by atoms with E-state index in [1.165, 1.54) is 57.9 Å². The van der Waals surface area contributed by atoms with Crippen LogP contribution in [0.15, 0.2) is 133 Å². The van der Waals surface area contributed by atoms with E-state index in [9.17, 15) is 0 Å². The quantitative estimate of drug-likeness (QED) is 0.223. The van der Waals surface area contributed by atoms with Crippen LogP contribution in [0.4, 0.5) is 0 Å². The molecule has 2 heterocycles. The van der Waals surface area contributed by atoms with E-state index in [1.54, 1.807) is 18.0 Å². The van der Waals surface area contributed by atoms with E-state index >= 15 is 0 Å². The van der Waals surface area contributed by atoms with E-state index in [4.69, 9.17) is 10.5 Å². The van der Waals surface area contributed by atoms with Gasteiger partial charge in [0.05, 0.1) is 5.52 Å². The van der Waals surface area contributed by atoms with Crippen molar-refractivity contribution < 1.29 is 4.74 Å². The highest BCUT2D eigenvalue weighted by Crippen LogP contribution is 2.40. The van der Waals surface area contributed by atoms with Gasteiger partial charge in [0.2, 0.25) is 0 Å². The molecule has 0 aliphatic heterocycles. The number of nitrogens with zero attached hydrogens (tertiary/aromatic N) is 2. The Morgan fingerprint density at radius 3 is 2.52 bits per heavy atom. The van der Waals surface area contributed by atoms with Crippen molar-refractivity contribution in [3.05, 3.63) is 156 Å². The number of hydrogen-bond acceptors (Lipinski definition) is 4. The average molecular weight is 574 g/mol. The van der Waals surface area contributed by atoms with Gasteiger partial charge in [0.1, 0.15) is 12.4 Å². The van der Waals surface area contributed by atoms with Gasteiger partial charge in [-0.05, 0) is 106 Å². The van der Waals surface area contributed by atoms with E-state index in [2.05, 4.69) is 82.8 Å². The second kappa shape index (κ2) is 12.7. The lowest BCUT2D eigenvalue weighted by Gasteiger charge is -2.25. The molecule has 6 aromatic rings. The first kappa shape index (κ1) is 27.8. The van der Waals surface area contributed by atoms with Crippen LogP contribution in [0.3, 0.4) is 0 Å². The maximum absolute atomic E-state index is 6.10. The van der Waals surface area contributed by atoms with Crippen LogP contribution in [0.1, 0.15) is 41.5 Å². The SMILES string of the molecule is NCc1cc(-c2ccc3c4c(ccc3c2)C2=C(CCC=C2)CC4)ccc1OCc1ccccc1.c1cnc2ccncc2c1. The summed E-state index contributed by atoms with van der Waals surface area (Å²) in [4.78, 5) is 8.11. The molecule has 0 radical (unpaired) electrons. The zero-order valence-electron chi connectivity index (χ0n) is 24.7. The second-order valence-corrected chi connectivity index (χ2v) is 11.4. The molecule has 2 aromatic heterocycles. The van der Waals surface area contributed by atoms with Crippen molar-refractivity contribution in [2.45, 2.75) is 38.8 Å². The highest BCUT2D eigenvalue weighted by Gasteiger charge is 2.20. The molecule has 44 heavy (non-hydrogen) atoms. The molecule has 0 saturated heterocycles. The Morgan fingerprint density at radius 2 is 1.64 bits per heavy atom. The Hall–Kier alpha value is -5.06. The van der Waals surface area contributed by atoms with E-state index in [0.717, 1.165) is 34.2 Å². The Bertz CT molecular complexity index is 1940. The minimum absolute atomic E-state index is 0.448. The van der Waals surface area contributed by atoms with Gasteiger partial charge in [-0.3, -0.25) is 9.97 Å². The van der Waals surface area contributed by atoms with Crippen molar-refractivity contribution in [1.29, 1.82) is 0 Å². The average Bonchev–Trinajstić information content (AvgIpc) is 3.11. The van der Waals surface area contributed by atoms with Gasteiger partial charge < -0.3 is 10.5 Å². The summed E-state index contributed by atoms with van der Waals surface area (Å²) in [5.74, 6) is 0.856. The van der Waals surface area contributed by atoms with E-state index < -0.39 is 0 Å². The van der Waals surface area contributed by atoms with Crippen molar-refractivity contribution >= 4 is 27.2 Å². The van der Waals surface area contributed by atoms with Crippen LogP contribution in [0.5, 0.6) is 5.75 Å². The molecule has 2 N–H and O–H groups in total. The second-order valence-electron chi connectivity index (χ2n) is 11.4. The van der Waals surface area contributed by atoms with Crippen LogP contribution in [0.2, 0.25) is 0 Å². The minimum Gasteiger partial charge on any atom is -0.489 e. The lowest BCUT2D eigenvalue weighted by atomic mass is 9.79. The number of benzene rings is 4. The summed E-state index contributed by atoms with van der Waals surface area (Å²) in [6.45, 7) is 0.992. The molecule has 4 nitrogen and oxygen atoms in total. The number of ether oxygens (including phenoxy) is 1. The van der Waals surface area contributed by atoms with Crippen molar-refractivity contribution in [2.24, 2.45) is 5.73 Å². The zero-order valence-corrected chi connectivity index (χ0v) is 24.7. The van der Waals surface area contributed by atoms with Crippen molar-refractivity contribution in [3.8, 4) is 16.9 Å². The predicted octanol–water partition coefficient (Wildman–Crippen LogP) is 9.22. The molecule has 2 aliphatic carbocycles. The predicted molar refractivity (Wildman–Crippen MR) is 181 cm³/mol. The fourth-order valence-corrected chi connectivity index (χ4v) is 6.33. The molecule has 8 rings (SSSR count). The summed E-state index contributed by atoms with van der Waals surface area (Å²) < 4.78 is 6.09. The normalized spacial score (nSPS) is 13.7. The monoisotopic (exact) mass is 573 g/mol. The summed E-state index contributed by atoms with van der Waals surface area (Å²) in [6.07, 6.45) is 14.7. The zero-order chi connectivity index (χ0) is 29.7. The van der Waals surface area contributed by atoms with E-state index in [1.807, 2.05) is 42.6 Å². The third kappa shape index (κ3) is 5.77. The Kier molecular flexibility index (Phi) is 7.99. The Morgan fingerprint density at radius 1 is 0.750 bits per heavy atom. The maximum atomic E-state index is 6.10. The van der Waals surface area contributed by atoms with Crippen molar-refractivity contribution in [3.63, 3.8) is 0 Å². The highest BCUT2D eigenvalue weighted by molar-refractivity contribution is 5.96. The first-order valence-corrected chi connectivity index (χ1v) is 15.4. The number of nitrogens with two attached hydrogens (primary N) is 1. The molecular weight excluding hydrogens is 538 g/mol. The Labute approximate surface area is 258 Å². The number of aryl methyl sites for hydroxylation is 1. The molecular formula is C40H35N3O. The number of pyridine rings is 2. The summed E-state index contributed by atoms with van der Waals surface area (Å²) in [5, 5.41) is 3.78. The summed E-state index contributed by atoms with van der Waals surface area (Å²) >= 11 is 0. The first-order chi connectivity index (χ1) is 21.8. The third-order valence-electron chi connectivity index (χ3n) is 8.63. The molecule has 0 spiro atoms. The molecule has 0 unspecified atom stereocenters. The topological polar surface area (TPSA) is 61.0 Å². The lowest BCUT2D eigenvalue weighted by molar-refractivity contribution is 0.303. The van der Waals surface area contributed by atoms with Crippen LogP contribution in [0.25, 0.3) is 38.4 Å². The van der Waals surface area contributed by atoms with Crippen molar-refractivity contribution in [2.75, 3.05) is 0 Å². The van der Waals surface area contributed by atoms with E-state index in [0.29, 0.717) is 13.2 Å². The number of rotatable bonds is 5. The molecule has 0 amide bonds. The molecule has 0 bridgehead atoms. The van der Waals surface area contributed by atoms with Gasteiger partial charge in [-0.15, -0.1) is 0 Å². The molecule has 4 heteroatoms. The van der Waals surface area contributed by atoms with Crippen LogP contribution >= 0.6 is 0 Å². The Balaban J connectivity index is 0.000000264. The van der Waals surface area contributed by atoms with Crippen LogP contribution < -0.4 is 10.5 Å². The van der Waals surface area contributed by atoms with Gasteiger partial charge in [-0.25, -0.2) is 0 Å². The van der Waals surface area contributed by atoms with Crippen LogP contribution in [0, 0.1) is 0 Å². The summed E-state index contributed by atoms with van der Waals surface area (Å²) in [6, 6.07) is 33.9. The van der Waals surface area contributed by atoms with Gasteiger partial charge >= 0.3 is 0 Å². The number of fused-ring (bicyclic) bond motifs is 5. The standard InChI is InChI=1S/C32H29NO.C8H6N2/c33-20-27-19-25(13-17-32(27)34-21-22-6-2-1-3-7-22)24-11-14-29-26(18-24)12-16-30-28-9-5-4-8-23(28)10-15-31(29)30;1-2-7-6-9-5-3-8(7)10-4-1/h1-3,5-7,9,11-14,16-19H,4,8,10,15,20-21,33H2;1-6H. The molecule has 0 atom stereocenters. The third-order valence-corrected chi connectivity index (χ3v) is 8.63. The van der Waals surface area contributed by atoms with Gasteiger partial charge in [0, 0.05) is 36.1 Å². The molecule has 216 valence electrons. The van der Waals surface area contributed by atoms with Crippen LogP contribution in [-0.4, -0.2) is 9.97 Å². The molecule has 0 saturated carbocycles. The largest absolute Gasteiger partial charge is 0.489 e. The number of aromatic nitrogens is 2. The van der Waals surface area contributed by atoms with E-state index in [-0.39, 0.29) is 0 Å². The molecule has 0 fully saturated rings. The molecule has 4 aromatic carbocycles. The summed E-state index contributed by atoms with van der Waals surface area (Å²) in [5.41, 5.74) is 17.7. The highest BCUT2D eigenvalue weighted by atomic mass is 16.5. The summed E-state index contributed by atoms with van der Waals surface area (Å²) in [7, 11) is 0. The first-order valence-electron chi connectivity index (χ1n) is 15.4. The van der Waals surface area contributed by atoms with Gasteiger partial charge in [-0.2, -0.15) is 0 Å².